The molecule has 4 heteroatoms. The molecular weight excluding hydrogens is 238 g/mol. The first-order valence-electron chi connectivity index (χ1n) is 6.15. The fraction of sp³-hybridized carbons (Fsp3) is 0.500. The minimum absolute atomic E-state index is 0.155. The van der Waals surface area contributed by atoms with Crippen LogP contribution in [0.2, 0.25) is 0 Å². The van der Waals surface area contributed by atoms with Crippen molar-refractivity contribution in [1.82, 2.24) is 0 Å². The van der Waals surface area contributed by atoms with E-state index in [1.807, 2.05) is 44.2 Å². The van der Waals surface area contributed by atoms with E-state index in [0.29, 0.717) is 0 Å². The number of hydrogen-bond donors (Lipinski definition) is 0. The topological polar surface area (TPSA) is 26.3 Å². The van der Waals surface area contributed by atoms with Crippen molar-refractivity contribution in [1.29, 1.82) is 0 Å². The van der Waals surface area contributed by atoms with E-state index in [9.17, 15) is 13.6 Å². The van der Waals surface area contributed by atoms with E-state index in [4.69, 9.17) is 4.74 Å². The lowest BCUT2D eigenvalue weighted by molar-refractivity contribution is -0.173. The zero-order valence-electron chi connectivity index (χ0n) is 10.7. The van der Waals surface area contributed by atoms with Gasteiger partial charge in [0.15, 0.2) is 0 Å². The molecule has 0 spiro atoms. The molecule has 2 rings (SSSR count). The van der Waals surface area contributed by atoms with Gasteiger partial charge in [-0.05, 0) is 5.56 Å². The van der Waals surface area contributed by atoms with Crippen molar-refractivity contribution in [3.63, 3.8) is 0 Å². The van der Waals surface area contributed by atoms with Crippen LogP contribution in [0.3, 0.4) is 0 Å². The first-order valence-corrected chi connectivity index (χ1v) is 6.15. The minimum atomic E-state index is -2.67. The smallest absolute Gasteiger partial charge is 0.309 e. The number of ether oxygens (including phenoxy) is 1. The second kappa shape index (κ2) is 6.47. The fourth-order valence-electron chi connectivity index (χ4n) is 1.67. The lowest BCUT2D eigenvalue weighted by Crippen LogP contribution is -2.40. The average Bonchev–Trinajstić information content (AvgIpc) is 2.36. The van der Waals surface area contributed by atoms with Gasteiger partial charge in [-0.15, -0.1) is 0 Å². The fourth-order valence-corrected chi connectivity index (χ4v) is 1.67. The van der Waals surface area contributed by atoms with Crippen LogP contribution in [0, 0.1) is 5.92 Å². The molecule has 0 radical (unpaired) electrons. The molecule has 0 unspecified atom stereocenters. The molecule has 0 atom stereocenters. The van der Waals surface area contributed by atoms with Crippen molar-refractivity contribution >= 4 is 5.97 Å². The maximum absolute atomic E-state index is 12.5. The van der Waals surface area contributed by atoms with Gasteiger partial charge in [0.2, 0.25) is 5.92 Å². The zero-order valence-corrected chi connectivity index (χ0v) is 10.7. The summed E-state index contributed by atoms with van der Waals surface area (Å²) in [6.45, 7) is 4.15. The van der Waals surface area contributed by atoms with Crippen molar-refractivity contribution in [2.45, 2.75) is 39.2 Å². The minimum Gasteiger partial charge on any atom is -0.461 e. The number of benzene rings is 1. The first kappa shape index (κ1) is 14.6. The van der Waals surface area contributed by atoms with Gasteiger partial charge < -0.3 is 4.74 Å². The van der Waals surface area contributed by atoms with Gasteiger partial charge in [0.1, 0.15) is 6.61 Å². The van der Waals surface area contributed by atoms with Gasteiger partial charge in [-0.2, -0.15) is 0 Å². The molecule has 1 aromatic carbocycles. The Hall–Kier alpha value is -1.45. The third kappa shape index (κ3) is 4.09. The lowest BCUT2D eigenvalue weighted by Gasteiger charge is -2.32. The molecule has 0 amide bonds. The van der Waals surface area contributed by atoms with Crippen LogP contribution in [-0.4, -0.2) is 11.9 Å². The molecule has 1 saturated carbocycles. The standard InChI is InChI=1S/C12H12F2O2.C2H6/c13-12(14)6-10(7-12)11(15)16-8-9-4-2-1-3-5-9;1-2/h1-5,10H,6-8H2;1-2H3. The number of carbonyl (C=O) groups excluding carboxylic acids is 1. The molecule has 0 saturated heterocycles. The second-order valence-electron chi connectivity index (χ2n) is 4.05. The van der Waals surface area contributed by atoms with Crippen LogP contribution in [0.4, 0.5) is 8.78 Å². The summed E-state index contributed by atoms with van der Waals surface area (Å²) >= 11 is 0. The maximum atomic E-state index is 12.5. The molecule has 1 aromatic rings. The van der Waals surface area contributed by atoms with Crippen molar-refractivity contribution in [3.8, 4) is 0 Å². The summed E-state index contributed by atoms with van der Waals surface area (Å²) in [7, 11) is 0. The number of esters is 1. The number of hydrogen-bond acceptors (Lipinski definition) is 2. The predicted octanol–water partition coefficient (Wildman–Crippen LogP) is 3.80. The van der Waals surface area contributed by atoms with Crippen LogP contribution in [0.5, 0.6) is 0 Å². The summed E-state index contributed by atoms with van der Waals surface area (Å²) < 4.78 is 30.0. The number of rotatable bonds is 3. The van der Waals surface area contributed by atoms with E-state index in [0.717, 1.165) is 5.56 Å². The first-order chi connectivity index (χ1) is 8.57. The van der Waals surface area contributed by atoms with E-state index in [1.165, 1.54) is 0 Å². The van der Waals surface area contributed by atoms with Crippen molar-refractivity contribution in [2.24, 2.45) is 5.92 Å². The molecule has 0 heterocycles. The maximum Gasteiger partial charge on any atom is 0.309 e. The highest BCUT2D eigenvalue weighted by Crippen LogP contribution is 2.42. The van der Waals surface area contributed by atoms with E-state index < -0.39 is 17.8 Å². The molecule has 0 aliphatic heterocycles. The molecule has 1 aliphatic rings. The van der Waals surface area contributed by atoms with Crippen LogP contribution < -0.4 is 0 Å². The highest BCUT2D eigenvalue weighted by atomic mass is 19.3. The highest BCUT2D eigenvalue weighted by Gasteiger charge is 2.49. The quantitative estimate of drug-likeness (QED) is 0.769. The Morgan fingerprint density at radius 2 is 1.83 bits per heavy atom. The Kier molecular flexibility index (Phi) is 5.25. The largest absolute Gasteiger partial charge is 0.461 e. The predicted molar refractivity (Wildman–Crippen MR) is 65.3 cm³/mol. The van der Waals surface area contributed by atoms with E-state index >= 15 is 0 Å². The summed E-state index contributed by atoms with van der Waals surface area (Å²) in [6, 6.07) is 9.17. The SMILES string of the molecule is CC.O=C(OCc1ccccc1)C1CC(F)(F)C1. The molecule has 1 fully saturated rings. The second-order valence-corrected chi connectivity index (χ2v) is 4.05. The zero-order chi connectivity index (χ0) is 13.6. The summed E-state index contributed by atoms with van der Waals surface area (Å²) in [5, 5.41) is 0. The Balaban J connectivity index is 0.000000771. The van der Waals surface area contributed by atoms with Gasteiger partial charge in [0, 0.05) is 12.8 Å². The Bertz CT molecular complexity index is 369. The van der Waals surface area contributed by atoms with Crippen LogP contribution in [0.15, 0.2) is 30.3 Å². The van der Waals surface area contributed by atoms with Gasteiger partial charge >= 0.3 is 5.97 Å². The van der Waals surface area contributed by atoms with Gasteiger partial charge in [-0.3, -0.25) is 4.79 Å². The summed E-state index contributed by atoms with van der Waals surface area (Å²) in [4.78, 5) is 11.3. The monoisotopic (exact) mass is 256 g/mol. The molecule has 0 aromatic heterocycles. The van der Waals surface area contributed by atoms with E-state index in [-0.39, 0.29) is 19.4 Å². The van der Waals surface area contributed by atoms with Gasteiger partial charge in [0.05, 0.1) is 5.92 Å². The van der Waals surface area contributed by atoms with E-state index in [1.54, 1.807) is 0 Å². The summed E-state index contributed by atoms with van der Waals surface area (Å²) in [5.74, 6) is -3.82. The van der Waals surface area contributed by atoms with Crippen LogP contribution in [-0.2, 0) is 16.1 Å². The molecule has 0 N–H and O–H groups in total. The summed E-state index contributed by atoms with van der Waals surface area (Å²) in [5.41, 5.74) is 0.863. The Labute approximate surface area is 106 Å². The van der Waals surface area contributed by atoms with Crippen LogP contribution >= 0.6 is 0 Å². The van der Waals surface area contributed by atoms with Gasteiger partial charge in [-0.25, -0.2) is 8.78 Å². The number of alkyl halides is 2. The summed E-state index contributed by atoms with van der Waals surface area (Å²) in [6.07, 6.45) is -0.749. The van der Waals surface area contributed by atoms with Gasteiger partial charge in [-0.1, -0.05) is 44.2 Å². The average molecular weight is 256 g/mol. The third-order valence-electron chi connectivity index (χ3n) is 2.65. The van der Waals surface area contributed by atoms with E-state index in [2.05, 4.69) is 0 Å². The molecule has 2 nitrogen and oxygen atoms in total. The molecular formula is C14H18F2O2. The molecule has 0 bridgehead atoms. The normalized spacial score (nSPS) is 17.1. The lowest BCUT2D eigenvalue weighted by atomic mass is 9.81. The van der Waals surface area contributed by atoms with Crippen LogP contribution in [0.1, 0.15) is 32.3 Å². The highest BCUT2D eigenvalue weighted by molar-refractivity contribution is 5.73. The Morgan fingerprint density at radius 3 is 2.33 bits per heavy atom. The molecule has 18 heavy (non-hydrogen) atoms. The molecule has 1 aliphatic carbocycles. The number of carbonyl (C=O) groups is 1. The van der Waals surface area contributed by atoms with Gasteiger partial charge in [0.25, 0.3) is 0 Å². The molecule has 100 valence electrons. The van der Waals surface area contributed by atoms with Crippen molar-refractivity contribution in [2.75, 3.05) is 0 Å². The van der Waals surface area contributed by atoms with Crippen molar-refractivity contribution in [3.05, 3.63) is 35.9 Å². The Morgan fingerprint density at radius 1 is 1.28 bits per heavy atom. The number of halogens is 2. The third-order valence-corrected chi connectivity index (χ3v) is 2.65. The van der Waals surface area contributed by atoms with Crippen LogP contribution in [0.25, 0.3) is 0 Å². The van der Waals surface area contributed by atoms with Crippen molar-refractivity contribution < 1.29 is 18.3 Å².